The van der Waals surface area contributed by atoms with Gasteiger partial charge in [-0.05, 0) is 20.9 Å². The number of nitrogens with one attached hydrogen (secondary N) is 3. The zero-order valence-electron chi connectivity index (χ0n) is 9.76. The monoisotopic (exact) mass is 209 g/mol. The molecule has 0 unspecified atom stereocenters. The van der Waals surface area contributed by atoms with E-state index in [1.165, 1.54) is 0 Å². The lowest BCUT2D eigenvalue weighted by Gasteiger charge is -2.26. The Morgan fingerprint density at radius 3 is 2.47 bits per heavy atom. The van der Waals surface area contributed by atoms with Gasteiger partial charge in [-0.25, -0.2) is 9.97 Å². The molecule has 0 fully saturated rings. The van der Waals surface area contributed by atoms with Gasteiger partial charge in [-0.2, -0.15) is 0 Å². The Balaban J connectivity index is 2.71. The quantitative estimate of drug-likeness (QED) is 0.673. The van der Waals surface area contributed by atoms with E-state index in [2.05, 4.69) is 39.8 Å². The van der Waals surface area contributed by atoms with Gasteiger partial charge in [0.25, 0.3) is 0 Å². The van der Waals surface area contributed by atoms with Gasteiger partial charge in [0.15, 0.2) is 0 Å². The van der Waals surface area contributed by atoms with Crippen molar-refractivity contribution in [3.05, 3.63) is 12.4 Å². The van der Waals surface area contributed by atoms with E-state index in [0.717, 1.165) is 18.2 Å². The number of aromatic nitrogens is 2. The molecule has 0 amide bonds. The van der Waals surface area contributed by atoms with Gasteiger partial charge < -0.3 is 16.0 Å². The van der Waals surface area contributed by atoms with Gasteiger partial charge in [-0.1, -0.05) is 0 Å². The van der Waals surface area contributed by atoms with Crippen LogP contribution in [0.4, 0.5) is 11.6 Å². The van der Waals surface area contributed by atoms with Crippen LogP contribution in [0, 0.1) is 0 Å². The van der Waals surface area contributed by atoms with Crippen LogP contribution in [-0.2, 0) is 0 Å². The van der Waals surface area contributed by atoms with Gasteiger partial charge in [0.05, 0.1) is 0 Å². The summed E-state index contributed by atoms with van der Waals surface area (Å²) in [4.78, 5) is 8.22. The number of rotatable bonds is 5. The van der Waals surface area contributed by atoms with E-state index in [1.807, 2.05) is 20.2 Å². The Morgan fingerprint density at radius 1 is 1.20 bits per heavy atom. The van der Waals surface area contributed by atoms with Gasteiger partial charge in [0.2, 0.25) is 0 Å². The summed E-state index contributed by atoms with van der Waals surface area (Å²) in [5, 5.41) is 9.45. The Labute approximate surface area is 90.7 Å². The fourth-order valence-electron chi connectivity index (χ4n) is 1.40. The molecule has 0 aliphatic rings. The summed E-state index contributed by atoms with van der Waals surface area (Å²) < 4.78 is 0. The molecule has 0 spiro atoms. The van der Waals surface area contributed by atoms with Crippen molar-refractivity contribution in [2.24, 2.45) is 0 Å². The van der Waals surface area contributed by atoms with Crippen LogP contribution < -0.4 is 16.0 Å². The maximum Gasteiger partial charge on any atom is 0.131 e. The molecule has 1 aromatic heterocycles. The molecule has 5 nitrogen and oxygen atoms in total. The molecule has 84 valence electrons. The zero-order chi connectivity index (χ0) is 11.3. The third-order valence-electron chi connectivity index (χ3n) is 2.01. The van der Waals surface area contributed by atoms with E-state index in [9.17, 15) is 0 Å². The third kappa shape index (κ3) is 3.71. The first-order chi connectivity index (χ1) is 7.07. The first-order valence-corrected chi connectivity index (χ1v) is 5.00. The van der Waals surface area contributed by atoms with Gasteiger partial charge in [-0.15, -0.1) is 0 Å². The molecule has 0 atom stereocenters. The summed E-state index contributed by atoms with van der Waals surface area (Å²) in [6.07, 6.45) is 1.55. The lowest BCUT2D eigenvalue weighted by molar-refractivity contribution is 0.528. The second-order valence-electron chi connectivity index (χ2n) is 4.08. The van der Waals surface area contributed by atoms with Gasteiger partial charge in [0, 0.05) is 25.2 Å². The van der Waals surface area contributed by atoms with E-state index in [1.54, 1.807) is 6.33 Å². The predicted molar refractivity (Wildman–Crippen MR) is 63.2 cm³/mol. The van der Waals surface area contributed by atoms with E-state index >= 15 is 0 Å². The van der Waals surface area contributed by atoms with Crippen LogP contribution in [0.2, 0.25) is 0 Å². The molecule has 1 rings (SSSR count). The van der Waals surface area contributed by atoms with Crippen LogP contribution in [0.1, 0.15) is 13.8 Å². The zero-order valence-corrected chi connectivity index (χ0v) is 9.76. The van der Waals surface area contributed by atoms with E-state index in [-0.39, 0.29) is 5.54 Å². The van der Waals surface area contributed by atoms with Crippen molar-refractivity contribution in [2.75, 3.05) is 31.3 Å². The highest BCUT2D eigenvalue weighted by atomic mass is 15.1. The molecular weight excluding hydrogens is 190 g/mol. The molecule has 15 heavy (non-hydrogen) atoms. The van der Waals surface area contributed by atoms with Crippen molar-refractivity contribution in [1.82, 2.24) is 15.3 Å². The summed E-state index contributed by atoms with van der Waals surface area (Å²) in [7, 11) is 3.77. The fourth-order valence-corrected chi connectivity index (χ4v) is 1.40. The van der Waals surface area contributed by atoms with Crippen molar-refractivity contribution >= 4 is 11.6 Å². The summed E-state index contributed by atoms with van der Waals surface area (Å²) in [5.41, 5.74) is -0.0336. The van der Waals surface area contributed by atoms with Crippen LogP contribution in [0.15, 0.2) is 12.4 Å². The molecule has 0 aliphatic heterocycles. The maximum atomic E-state index is 4.16. The number of anilines is 2. The smallest absolute Gasteiger partial charge is 0.131 e. The molecule has 0 saturated carbocycles. The van der Waals surface area contributed by atoms with Crippen LogP contribution in [0.25, 0.3) is 0 Å². The van der Waals surface area contributed by atoms with Crippen molar-refractivity contribution in [3.63, 3.8) is 0 Å². The fraction of sp³-hybridized carbons (Fsp3) is 0.600. The number of hydrogen-bond donors (Lipinski definition) is 3. The average molecular weight is 209 g/mol. The lowest BCUT2D eigenvalue weighted by atomic mass is 10.1. The molecule has 0 aromatic carbocycles. The topological polar surface area (TPSA) is 61.9 Å². The molecule has 1 heterocycles. The Hall–Kier alpha value is -1.36. The van der Waals surface area contributed by atoms with Crippen molar-refractivity contribution < 1.29 is 0 Å². The summed E-state index contributed by atoms with van der Waals surface area (Å²) in [6.45, 7) is 5.10. The van der Waals surface area contributed by atoms with Crippen molar-refractivity contribution in [3.8, 4) is 0 Å². The maximum absolute atomic E-state index is 4.16. The highest BCUT2D eigenvalue weighted by Crippen LogP contribution is 2.13. The molecule has 0 aliphatic carbocycles. The van der Waals surface area contributed by atoms with Gasteiger partial charge >= 0.3 is 0 Å². The number of hydrogen-bond acceptors (Lipinski definition) is 5. The summed E-state index contributed by atoms with van der Waals surface area (Å²) >= 11 is 0. The highest BCUT2D eigenvalue weighted by Gasteiger charge is 2.16. The molecule has 0 radical (unpaired) electrons. The van der Waals surface area contributed by atoms with Crippen LogP contribution >= 0.6 is 0 Å². The third-order valence-corrected chi connectivity index (χ3v) is 2.01. The average Bonchev–Trinajstić information content (AvgIpc) is 2.17. The van der Waals surface area contributed by atoms with Crippen molar-refractivity contribution in [1.29, 1.82) is 0 Å². The second kappa shape index (κ2) is 4.93. The summed E-state index contributed by atoms with van der Waals surface area (Å²) in [6, 6.07) is 1.89. The minimum Gasteiger partial charge on any atom is -0.373 e. The standard InChI is InChI=1S/C10H19N5/c1-10(2,6-11-3)15-9-5-8(12-4)13-7-14-9/h5,7,11H,6H2,1-4H3,(H2,12,13,14,15). The molecule has 5 heteroatoms. The Morgan fingerprint density at radius 2 is 1.87 bits per heavy atom. The van der Waals surface area contributed by atoms with Crippen LogP contribution in [0.3, 0.4) is 0 Å². The number of nitrogens with zero attached hydrogens (tertiary/aromatic N) is 2. The second-order valence-corrected chi connectivity index (χ2v) is 4.08. The Bertz CT molecular complexity index is 310. The first kappa shape index (κ1) is 11.7. The van der Waals surface area contributed by atoms with E-state index in [4.69, 9.17) is 0 Å². The SMILES string of the molecule is CNCC(C)(C)Nc1cc(NC)ncn1. The lowest BCUT2D eigenvalue weighted by Crippen LogP contribution is -2.40. The first-order valence-electron chi connectivity index (χ1n) is 5.00. The minimum atomic E-state index is -0.0336. The van der Waals surface area contributed by atoms with Crippen LogP contribution in [0.5, 0.6) is 0 Å². The molecule has 1 aromatic rings. The molecule has 3 N–H and O–H groups in total. The molecule has 0 saturated heterocycles. The highest BCUT2D eigenvalue weighted by molar-refractivity contribution is 5.47. The minimum absolute atomic E-state index is 0.0336. The normalized spacial score (nSPS) is 11.2. The summed E-state index contributed by atoms with van der Waals surface area (Å²) in [5.74, 6) is 1.64. The molecular formula is C10H19N5. The van der Waals surface area contributed by atoms with Crippen LogP contribution in [-0.4, -0.2) is 36.1 Å². The van der Waals surface area contributed by atoms with Gasteiger partial charge in [-0.3, -0.25) is 0 Å². The molecule has 0 bridgehead atoms. The van der Waals surface area contributed by atoms with E-state index < -0.39 is 0 Å². The van der Waals surface area contributed by atoms with Gasteiger partial charge in [0.1, 0.15) is 18.0 Å². The number of likely N-dealkylation sites (N-methyl/N-ethyl adjacent to an activating group) is 1. The van der Waals surface area contributed by atoms with E-state index in [0.29, 0.717) is 0 Å². The Kier molecular flexibility index (Phi) is 3.85. The van der Waals surface area contributed by atoms with Crippen molar-refractivity contribution in [2.45, 2.75) is 19.4 Å². The predicted octanol–water partition coefficient (Wildman–Crippen LogP) is 0.928. The largest absolute Gasteiger partial charge is 0.373 e.